The Morgan fingerprint density at radius 2 is 2.10 bits per heavy atom. The lowest BCUT2D eigenvalue weighted by atomic mass is 9.98. The van der Waals surface area contributed by atoms with E-state index in [1.807, 2.05) is 0 Å². The molecule has 1 aliphatic carbocycles. The number of aliphatic carboxylic acids is 1. The van der Waals surface area contributed by atoms with E-state index in [1.165, 1.54) is 36.6 Å². The van der Waals surface area contributed by atoms with Crippen molar-refractivity contribution in [2.45, 2.75) is 45.6 Å². The Morgan fingerprint density at radius 1 is 1.33 bits per heavy atom. The van der Waals surface area contributed by atoms with Crippen LogP contribution in [0.4, 0.5) is 0 Å². The highest BCUT2D eigenvalue weighted by Crippen LogP contribution is 2.29. The fraction of sp³-hybridized carbons (Fsp3) is 0.500. The molecule has 21 heavy (non-hydrogen) atoms. The molecular weight excluding hydrogens is 262 g/mol. The highest BCUT2D eigenvalue weighted by Gasteiger charge is 2.18. The smallest absolute Gasteiger partial charge is 0.306 e. The van der Waals surface area contributed by atoms with Gasteiger partial charge in [0.25, 0.3) is 0 Å². The SMILES string of the molecule is CC(Cc1cccc2c1ccn2CC1CCCC1)C(=O)O. The molecule has 0 amide bonds. The minimum absolute atomic E-state index is 0.339. The van der Waals surface area contributed by atoms with Crippen molar-refractivity contribution in [3.63, 3.8) is 0 Å². The lowest BCUT2D eigenvalue weighted by Crippen LogP contribution is -2.12. The van der Waals surface area contributed by atoms with E-state index in [-0.39, 0.29) is 5.92 Å². The van der Waals surface area contributed by atoms with Crippen LogP contribution in [-0.2, 0) is 17.8 Å². The van der Waals surface area contributed by atoms with Crippen LogP contribution in [0, 0.1) is 11.8 Å². The van der Waals surface area contributed by atoms with Gasteiger partial charge in [0.05, 0.1) is 5.92 Å². The molecule has 1 unspecified atom stereocenters. The number of nitrogens with zero attached hydrogens (tertiary/aromatic N) is 1. The Labute approximate surface area is 125 Å². The number of rotatable bonds is 5. The zero-order valence-corrected chi connectivity index (χ0v) is 12.6. The average molecular weight is 285 g/mol. The third-order valence-electron chi connectivity index (χ3n) is 4.78. The summed E-state index contributed by atoms with van der Waals surface area (Å²) in [4.78, 5) is 11.1. The standard InChI is InChI=1S/C18H23NO2/c1-13(18(20)21)11-15-7-4-8-17-16(15)9-10-19(17)12-14-5-2-3-6-14/h4,7-10,13-14H,2-3,5-6,11-12H2,1H3,(H,20,21). The number of hydrogen-bond donors (Lipinski definition) is 1. The van der Waals surface area contributed by atoms with Crippen molar-refractivity contribution in [3.05, 3.63) is 36.0 Å². The van der Waals surface area contributed by atoms with Crippen molar-refractivity contribution in [2.24, 2.45) is 11.8 Å². The third kappa shape index (κ3) is 2.97. The number of hydrogen-bond acceptors (Lipinski definition) is 1. The van der Waals surface area contributed by atoms with Gasteiger partial charge in [0.1, 0.15) is 0 Å². The molecule has 0 spiro atoms. The molecule has 112 valence electrons. The average Bonchev–Trinajstić information content (AvgIpc) is 3.10. The minimum Gasteiger partial charge on any atom is -0.481 e. The lowest BCUT2D eigenvalue weighted by molar-refractivity contribution is -0.141. The molecule has 0 radical (unpaired) electrons. The molecule has 1 aromatic heterocycles. The Bertz CT molecular complexity index is 638. The number of fused-ring (bicyclic) bond motifs is 1. The summed E-state index contributed by atoms with van der Waals surface area (Å²) in [5, 5.41) is 10.3. The first-order valence-electron chi connectivity index (χ1n) is 7.94. The largest absolute Gasteiger partial charge is 0.481 e. The topological polar surface area (TPSA) is 42.2 Å². The van der Waals surface area contributed by atoms with Crippen LogP contribution in [0.2, 0.25) is 0 Å². The van der Waals surface area contributed by atoms with Gasteiger partial charge in [0.2, 0.25) is 0 Å². The summed E-state index contributed by atoms with van der Waals surface area (Å²) in [6, 6.07) is 8.41. The zero-order chi connectivity index (χ0) is 14.8. The summed E-state index contributed by atoms with van der Waals surface area (Å²) < 4.78 is 2.35. The maximum absolute atomic E-state index is 11.1. The van der Waals surface area contributed by atoms with Crippen molar-refractivity contribution < 1.29 is 9.90 Å². The molecule has 1 aliphatic rings. The Balaban J connectivity index is 1.86. The van der Waals surface area contributed by atoms with E-state index in [9.17, 15) is 4.79 Å². The number of carbonyl (C=O) groups is 1. The van der Waals surface area contributed by atoms with E-state index < -0.39 is 5.97 Å². The first kappa shape index (κ1) is 14.2. The molecule has 1 aromatic carbocycles. The fourth-order valence-corrected chi connectivity index (χ4v) is 3.51. The highest BCUT2D eigenvalue weighted by molar-refractivity contribution is 5.84. The van der Waals surface area contributed by atoms with Crippen LogP contribution >= 0.6 is 0 Å². The molecule has 0 saturated heterocycles. The summed E-state index contributed by atoms with van der Waals surface area (Å²) >= 11 is 0. The van der Waals surface area contributed by atoms with Gasteiger partial charge >= 0.3 is 5.97 Å². The molecule has 1 saturated carbocycles. The number of benzene rings is 1. The van der Waals surface area contributed by atoms with Gasteiger partial charge in [-0.3, -0.25) is 4.79 Å². The summed E-state index contributed by atoms with van der Waals surface area (Å²) in [6.07, 6.45) is 8.18. The second kappa shape index (κ2) is 5.92. The molecule has 1 N–H and O–H groups in total. The van der Waals surface area contributed by atoms with Crippen molar-refractivity contribution in [3.8, 4) is 0 Å². The predicted molar refractivity (Wildman–Crippen MR) is 84.4 cm³/mol. The molecule has 1 atom stereocenters. The lowest BCUT2D eigenvalue weighted by Gasteiger charge is -2.12. The summed E-state index contributed by atoms with van der Waals surface area (Å²) in [5.74, 6) is -0.256. The van der Waals surface area contributed by atoms with Crippen LogP contribution in [0.5, 0.6) is 0 Å². The van der Waals surface area contributed by atoms with Crippen molar-refractivity contribution in [1.29, 1.82) is 0 Å². The minimum atomic E-state index is -0.725. The molecule has 1 heterocycles. The van der Waals surface area contributed by atoms with E-state index in [0.717, 1.165) is 18.0 Å². The molecule has 2 aromatic rings. The van der Waals surface area contributed by atoms with Crippen LogP contribution in [0.3, 0.4) is 0 Å². The van der Waals surface area contributed by atoms with Crippen LogP contribution in [0.1, 0.15) is 38.2 Å². The first-order chi connectivity index (χ1) is 10.1. The van der Waals surface area contributed by atoms with E-state index in [0.29, 0.717) is 6.42 Å². The van der Waals surface area contributed by atoms with Crippen molar-refractivity contribution in [1.82, 2.24) is 4.57 Å². The first-order valence-corrected chi connectivity index (χ1v) is 7.94. The number of carboxylic acids is 1. The molecule has 3 rings (SSSR count). The molecular formula is C18H23NO2. The zero-order valence-electron chi connectivity index (χ0n) is 12.6. The number of aromatic nitrogens is 1. The maximum Gasteiger partial charge on any atom is 0.306 e. The van der Waals surface area contributed by atoms with Crippen LogP contribution in [-0.4, -0.2) is 15.6 Å². The van der Waals surface area contributed by atoms with Crippen LogP contribution < -0.4 is 0 Å². The van der Waals surface area contributed by atoms with Gasteiger partial charge in [-0.2, -0.15) is 0 Å². The summed E-state index contributed by atoms with van der Waals surface area (Å²) in [5.41, 5.74) is 2.39. The van der Waals surface area contributed by atoms with Crippen molar-refractivity contribution in [2.75, 3.05) is 0 Å². The van der Waals surface area contributed by atoms with Gasteiger partial charge < -0.3 is 9.67 Å². The Kier molecular flexibility index (Phi) is 4.00. The fourth-order valence-electron chi connectivity index (χ4n) is 3.51. The van der Waals surface area contributed by atoms with Crippen LogP contribution in [0.15, 0.2) is 30.5 Å². The third-order valence-corrected chi connectivity index (χ3v) is 4.78. The Morgan fingerprint density at radius 3 is 2.81 bits per heavy atom. The predicted octanol–water partition coefficient (Wildman–Crippen LogP) is 4.09. The van der Waals surface area contributed by atoms with Gasteiger partial charge in [-0.05, 0) is 42.9 Å². The second-order valence-corrected chi connectivity index (χ2v) is 6.41. The summed E-state index contributed by atoms with van der Waals surface area (Å²) in [6.45, 7) is 2.87. The Hall–Kier alpha value is -1.77. The van der Waals surface area contributed by atoms with Crippen LogP contribution in [0.25, 0.3) is 10.9 Å². The highest BCUT2D eigenvalue weighted by atomic mass is 16.4. The molecule has 0 bridgehead atoms. The van der Waals surface area contributed by atoms with E-state index in [2.05, 4.69) is 35.0 Å². The quantitative estimate of drug-likeness (QED) is 0.899. The van der Waals surface area contributed by atoms with E-state index in [4.69, 9.17) is 5.11 Å². The van der Waals surface area contributed by atoms with E-state index >= 15 is 0 Å². The number of carboxylic acid groups (broad SMARTS) is 1. The van der Waals surface area contributed by atoms with Crippen molar-refractivity contribution >= 4 is 16.9 Å². The second-order valence-electron chi connectivity index (χ2n) is 6.41. The van der Waals surface area contributed by atoms with Gasteiger partial charge in [-0.1, -0.05) is 31.9 Å². The normalized spacial score (nSPS) is 17.4. The maximum atomic E-state index is 11.1. The van der Waals surface area contributed by atoms with Gasteiger partial charge in [0, 0.05) is 23.6 Å². The molecule has 3 nitrogen and oxygen atoms in total. The summed E-state index contributed by atoms with van der Waals surface area (Å²) in [7, 11) is 0. The van der Waals surface area contributed by atoms with Gasteiger partial charge in [-0.25, -0.2) is 0 Å². The van der Waals surface area contributed by atoms with E-state index in [1.54, 1.807) is 6.92 Å². The monoisotopic (exact) mass is 285 g/mol. The molecule has 3 heteroatoms. The molecule has 1 fully saturated rings. The van der Waals surface area contributed by atoms with Gasteiger partial charge in [0.15, 0.2) is 0 Å². The van der Waals surface area contributed by atoms with Gasteiger partial charge in [-0.15, -0.1) is 0 Å². The molecule has 0 aliphatic heterocycles.